The maximum Gasteiger partial charge on any atom is 0.182 e. The summed E-state index contributed by atoms with van der Waals surface area (Å²) < 4.78 is 37.4. The maximum atomic E-state index is 13.8. The van der Waals surface area contributed by atoms with Gasteiger partial charge in [0.2, 0.25) is 0 Å². The number of hydrogen-bond acceptors (Lipinski definition) is 4. The molecule has 2 aromatic rings. The number of carbonyl (C=O) groups excluding carboxylic acids is 1. The van der Waals surface area contributed by atoms with Gasteiger partial charge in [-0.2, -0.15) is 0 Å². The average Bonchev–Trinajstić information content (AvgIpc) is 2.65. The molecule has 2 rings (SSSR count). The van der Waals surface area contributed by atoms with Crippen molar-refractivity contribution >= 4 is 17.9 Å². The van der Waals surface area contributed by atoms with Crippen LogP contribution < -0.4 is 9.47 Å². The van der Waals surface area contributed by atoms with Gasteiger partial charge in [-0.1, -0.05) is 0 Å². The number of methoxy groups -OCH3 is 2. The van der Waals surface area contributed by atoms with Crippen molar-refractivity contribution in [1.82, 2.24) is 0 Å². The average molecular weight is 372 g/mol. The number of carbonyl (C=O) groups is 1. The van der Waals surface area contributed by atoms with Gasteiger partial charge >= 0.3 is 0 Å². The minimum Gasteiger partial charge on any atom is -0.508 e. The lowest BCUT2D eigenvalue weighted by molar-refractivity contribution is -0.110. The number of hydrogen-bond donors (Lipinski definition) is 1. The fourth-order valence-corrected chi connectivity index (χ4v) is 2.13. The van der Waals surface area contributed by atoms with Gasteiger partial charge < -0.3 is 14.6 Å². The topological polar surface area (TPSA) is 55.8 Å². The zero-order chi connectivity index (χ0) is 19.8. The number of ether oxygens (including phenoxy) is 2. The van der Waals surface area contributed by atoms with E-state index in [2.05, 4.69) is 0 Å². The summed E-state index contributed by atoms with van der Waals surface area (Å²) in [6.07, 6.45) is 5.85. The summed E-state index contributed by atoms with van der Waals surface area (Å²) in [4.78, 5) is 11.8. The van der Waals surface area contributed by atoms with Gasteiger partial charge in [-0.25, -0.2) is 8.78 Å². The predicted octanol–water partition coefficient (Wildman–Crippen LogP) is 4.72. The van der Waals surface area contributed by atoms with E-state index in [0.717, 1.165) is 12.2 Å². The van der Waals surface area contributed by atoms with Crippen molar-refractivity contribution in [2.45, 2.75) is 0 Å². The van der Waals surface area contributed by atoms with Gasteiger partial charge in [-0.05, 0) is 48.6 Å². The lowest BCUT2D eigenvalue weighted by atomic mass is 10.1. The third kappa shape index (κ3) is 5.81. The molecule has 0 saturated heterocycles. The number of benzene rings is 2. The second kappa shape index (κ2) is 9.33. The van der Waals surface area contributed by atoms with Gasteiger partial charge in [-0.15, -0.1) is 0 Å². The van der Waals surface area contributed by atoms with E-state index in [1.165, 1.54) is 56.7 Å². The van der Waals surface area contributed by atoms with E-state index in [4.69, 9.17) is 9.47 Å². The summed E-state index contributed by atoms with van der Waals surface area (Å²) in [6, 6.07) is 8.48. The summed E-state index contributed by atoms with van der Waals surface area (Å²) in [6.45, 7) is 0. The molecular formula is C21H18F2O4. The fourth-order valence-electron chi connectivity index (χ4n) is 2.13. The Bertz CT molecular complexity index is 914. The van der Waals surface area contributed by atoms with Gasteiger partial charge in [0, 0.05) is 29.3 Å². The van der Waals surface area contributed by atoms with Crippen LogP contribution in [0.2, 0.25) is 0 Å². The van der Waals surface area contributed by atoms with E-state index in [9.17, 15) is 18.7 Å². The molecule has 0 heterocycles. The van der Waals surface area contributed by atoms with E-state index in [0.29, 0.717) is 11.5 Å². The first kappa shape index (κ1) is 19.9. The van der Waals surface area contributed by atoms with Crippen LogP contribution in [0.25, 0.3) is 12.2 Å². The van der Waals surface area contributed by atoms with Crippen LogP contribution in [0.3, 0.4) is 0 Å². The summed E-state index contributed by atoms with van der Waals surface area (Å²) in [7, 11) is 2.85. The van der Waals surface area contributed by atoms with E-state index in [-0.39, 0.29) is 16.9 Å². The van der Waals surface area contributed by atoms with Gasteiger partial charge in [0.15, 0.2) is 5.78 Å². The molecule has 1 N–H and O–H groups in total. The van der Waals surface area contributed by atoms with Crippen LogP contribution in [0.4, 0.5) is 8.78 Å². The Morgan fingerprint density at radius 1 is 0.889 bits per heavy atom. The molecule has 0 bridgehead atoms. The minimum atomic E-state index is -0.553. The molecule has 2 aromatic carbocycles. The highest BCUT2D eigenvalue weighted by Crippen LogP contribution is 2.18. The molecule has 0 aliphatic heterocycles. The molecule has 140 valence electrons. The van der Waals surface area contributed by atoms with Crippen LogP contribution in [-0.4, -0.2) is 25.1 Å². The predicted molar refractivity (Wildman–Crippen MR) is 99.7 cm³/mol. The van der Waals surface area contributed by atoms with E-state index < -0.39 is 17.4 Å². The third-order valence-electron chi connectivity index (χ3n) is 3.57. The molecular weight excluding hydrogens is 354 g/mol. The van der Waals surface area contributed by atoms with E-state index >= 15 is 0 Å². The van der Waals surface area contributed by atoms with Crippen molar-refractivity contribution < 1.29 is 28.2 Å². The molecule has 0 saturated carbocycles. The first-order valence-electron chi connectivity index (χ1n) is 7.91. The Kier molecular flexibility index (Phi) is 6.88. The lowest BCUT2D eigenvalue weighted by Gasteiger charge is -2.01. The first-order valence-corrected chi connectivity index (χ1v) is 7.91. The number of aliphatic hydroxyl groups excluding tert-OH is 1. The number of allylic oxidation sites excluding steroid dienone is 3. The van der Waals surface area contributed by atoms with Crippen molar-refractivity contribution in [1.29, 1.82) is 0 Å². The van der Waals surface area contributed by atoms with Gasteiger partial charge in [0.25, 0.3) is 0 Å². The van der Waals surface area contributed by atoms with Gasteiger partial charge in [0.05, 0.1) is 14.2 Å². The molecule has 0 aliphatic carbocycles. The quantitative estimate of drug-likeness (QED) is 0.434. The van der Waals surface area contributed by atoms with Crippen LogP contribution in [0.1, 0.15) is 11.1 Å². The molecule has 0 fully saturated rings. The number of aliphatic hydroxyl groups is 1. The minimum absolute atomic E-state index is 0.202. The molecule has 0 unspecified atom stereocenters. The largest absolute Gasteiger partial charge is 0.508 e. The van der Waals surface area contributed by atoms with Crippen LogP contribution in [0, 0.1) is 11.6 Å². The fraction of sp³-hybridized carbons (Fsp3) is 0.0952. The molecule has 0 amide bonds. The molecule has 4 nitrogen and oxygen atoms in total. The van der Waals surface area contributed by atoms with Crippen molar-refractivity contribution in [3.63, 3.8) is 0 Å². The van der Waals surface area contributed by atoms with Crippen LogP contribution in [0.5, 0.6) is 11.5 Å². The molecule has 0 radical (unpaired) electrons. The summed E-state index contributed by atoms with van der Waals surface area (Å²) in [5.74, 6) is -1.25. The lowest BCUT2D eigenvalue weighted by Crippen LogP contribution is -1.91. The van der Waals surface area contributed by atoms with Crippen LogP contribution in [-0.2, 0) is 4.79 Å². The Morgan fingerprint density at radius 2 is 1.37 bits per heavy atom. The summed E-state index contributed by atoms with van der Waals surface area (Å²) >= 11 is 0. The highest BCUT2D eigenvalue weighted by atomic mass is 19.1. The first-order chi connectivity index (χ1) is 12.9. The van der Waals surface area contributed by atoms with Crippen molar-refractivity contribution in [3.8, 4) is 11.5 Å². The zero-order valence-corrected chi connectivity index (χ0v) is 14.8. The van der Waals surface area contributed by atoms with Crippen molar-refractivity contribution in [2.75, 3.05) is 14.2 Å². The third-order valence-corrected chi connectivity index (χ3v) is 3.57. The highest BCUT2D eigenvalue weighted by Gasteiger charge is 2.03. The van der Waals surface area contributed by atoms with Gasteiger partial charge in [-0.3, -0.25) is 4.79 Å². The monoisotopic (exact) mass is 372 g/mol. The Labute approximate surface area is 155 Å². The zero-order valence-electron chi connectivity index (χ0n) is 14.8. The van der Waals surface area contributed by atoms with Crippen LogP contribution >= 0.6 is 0 Å². The van der Waals surface area contributed by atoms with Crippen molar-refractivity contribution in [3.05, 3.63) is 83.1 Å². The molecule has 0 spiro atoms. The molecule has 0 aliphatic rings. The van der Waals surface area contributed by atoms with Gasteiger partial charge in [0.1, 0.15) is 28.9 Å². The molecule has 0 aromatic heterocycles. The van der Waals surface area contributed by atoms with Crippen molar-refractivity contribution in [2.24, 2.45) is 0 Å². The van der Waals surface area contributed by atoms with Crippen LogP contribution in [0.15, 0.2) is 60.4 Å². The Balaban J connectivity index is 2.05. The highest BCUT2D eigenvalue weighted by molar-refractivity contribution is 6.02. The standard InChI is InChI=1S/C21H18F2O4/c1-26-18-9-5-14(20(22)12-18)3-7-16(24)11-17(25)8-4-15-6-10-19(27-2)13-21(15)23/h3-13,24H,1-2H3/b7-3+,8-4+,16-11?. The second-order valence-electron chi connectivity index (χ2n) is 5.41. The summed E-state index contributed by atoms with van der Waals surface area (Å²) in [5.41, 5.74) is 0.423. The second-order valence-corrected chi connectivity index (χ2v) is 5.41. The van der Waals surface area contributed by atoms with E-state index in [1.54, 1.807) is 12.1 Å². The Hall–Kier alpha value is -3.41. The molecule has 27 heavy (non-hydrogen) atoms. The number of ketones is 1. The maximum absolute atomic E-state index is 13.8. The summed E-state index contributed by atoms with van der Waals surface area (Å²) in [5, 5.41) is 9.77. The number of halogens is 2. The number of rotatable bonds is 7. The molecule has 0 atom stereocenters. The van der Waals surface area contributed by atoms with E-state index in [1.807, 2.05) is 0 Å². The SMILES string of the molecule is COc1ccc(/C=C/C(=O)C=C(O)/C=C/c2ccc(OC)cc2F)c(F)c1. The Morgan fingerprint density at radius 3 is 1.81 bits per heavy atom. The normalized spacial score (nSPS) is 11.9. The molecule has 6 heteroatoms. The smallest absolute Gasteiger partial charge is 0.182 e.